The van der Waals surface area contributed by atoms with Gasteiger partial charge in [-0.3, -0.25) is 9.59 Å². The molecular formula is C33H61NO7. The van der Waals surface area contributed by atoms with Gasteiger partial charge in [0.25, 0.3) is 0 Å². The van der Waals surface area contributed by atoms with Gasteiger partial charge in [0.1, 0.15) is 12.6 Å². The van der Waals surface area contributed by atoms with Gasteiger partial charge in [0.2, 0.25) is 0 Å². The summed E-state index contributed by atoms with van der Waals surface area (Å²) in [5.41, 5.74) is 0. The SMILES string of the molecule is CCCCCCCCC/C=C\CCCCCCCCCC(=O)OC(COCCC(C(=O)[O-])[N+](C)(C)C)COC(C)=O. The fourth-order valence-electron chi connectivity index (χ4n) is 4.67. The summed E-state index contributed by atoms with van der Waals surface area (Å²) >= 11 is 0. The second kappa shape index (κ2) is 25.8. The summed E-state index contributed by atoms with van der Waals surface area (Å²) in [5.74, 6) is -1.94. The van der Waals surface area contributed by atoms with Gasteiger partial charge in [0.15, 0.2) is 6.10 Å². The Hall–Kier alpha value is -1.93. The number of carbonyl (C=O) groups excluding carboxylic acids is 3. The predicted octanol–water partition coefficient (Wildman–Crippen LogP) is 5.90. The number of quaternary nitrogens is 1. The Morgan fingerprint density at radius 3 is 1.76 bits per heavy atom. The number of ether oxygens (including phenoxy) is 3. The largest absolute Gasteiger partial charge is 0.544 e. The van der Waals surface area contributed by atoms with Gasteiger partial charge in [0, 0.05) is 19.8 Å². The van der Waals surface area contributed by atoms with Crippen LogP contribution < -0.4 is 5.11 Å². The van der Waals surface area contributed by atoms with Gasteiger partial charge in [-0.15, -0.1) is 0 Å². The Kier molecular flexibility index (Phi) is 24.5. The molecule has 0 aromatic rings. The molecule has 0 amide bonds. The molecule has 0 bridgehead atoms. The number of nitrogens with zero attached hydrogens (tertiary/aromatic N) is 1. The zero-order valence-corrected chi connectivity index (χ0v) is 27.0. The molecule has 41 heavy (non-hydrogen) atoms. The van der Waals surface area contributed by atoms with Crippen molar-refractivity contribution in [1.29, 1.82) is 0 Å². The Labute approximate surface area is 250 Å². The third-order valence-electron chi connectivity index (χ3n) is 7.21. The van der Waals surface area contributed by atoms with Crippen molar-refractivity contribution in [1.82, 2.24) is 0 Å². The minimum absolute atomic E-state index is 0.0320. The second-order valence-electron chi connectivity index (χ2n) is 12.1. The minimum Gasteiger partial charge on any atom is -0.544 e. The highest BCUT2D eigenvalue weighted by atomic mass is 16.6. The molecule has 0 aliphatic carbocycles. The van der Waals surface area contributed by atoms with Gasteiger partial charge in [-0.25, -0.2) is 0 Å². The highest BCUT2D eigenvalue weighted by Gasteiger charge is 2.25. The first kappa shape index (κ1) is 39.1. The molecular weight excluding hydrogens is 522 g/mol. The molecule has 0 spiro atoms. The number of allylic oxidation sites excluding steroid dienone is 2. The van der Waals surface area contributed by atoms with E-state index in [1.165, 1.54) is 90.4 Å². The Morgan fingerprint density at radius 2 is 1.27 bits per heavy atom. The second-order valence-corrected chi connectivity index (χ2v) is 12.1. The molecule has 2 unspecified atom stereocenters. The molecule has 2 atom stereocenters. The molecule has 0 radical (unpaired) electrons. The molecule has 0 aliphatic rings. The number of unbranched alkanes of at least 4 members (excludes halogenated alkanes) is 14. The molecule has 0 fully saturated rings. The van der Waals surface area contributed by atoms with E-state index in [9.17, 15) is 19.5 Å². The van der Waals surface area contributed by atoms with Crippen molar-refractivity contribution >= 4 is 17.9 Å². The van der Waals surface area contributed by atoms with Gasteiger partial charge in [-0.1, -0.05) is 89.7 Å². The molecule has 8 nitrogen and oxygen atoms in total. The smallest absolute Gasteiger partial charge is 0.306 e. The first-order valence-corrected chi connectivity index (χ1v) is 16.2. The van der Waals surface area contributed by atoms with Crippen LogP contribution in [-0.4, -0.2) is 75.5 Å². The fourth-order valence-corrected chi connectivity index (χ4v) is 4.67. The van der Waals surface area contributed by atoms with Crippen molar-refractivity contribution in [3.8, 4) is 0 Å². The standard InChI is InChI=1S/C33H61NO7/c1-6-7-8-9-10-11-12-13-14-15-16-17-18-19-20-21-22-23-24-32(36)41-30(28-40-29(2)35)27-39-26-25-31(33(37)38)34(3,4)5/h14-15,30-31H,6-13,16-28H2,1-5H3/b15-14-. The van der Waals surface area contributed by atoms with Gasteiger partial charge >= 0.3 is 11.9 Å². The summed E-state index contributed by atoms with van der Waals surface area (Å²) in [6, 6.07) is -0.717. The average Bonchev–Trinajstić information content (AvgIpc) is 2.89. The maximum absolute atomic E-state index is 12.3. The Morgan fingerprint density at radius 1 is 0.756 bits per heavy atom. The number of esters is 2. The quantitative estimate of drug-likeness (QED) is 0.0489. The maximum atomic E-state index is 12.3. The van der Waals surface area contributed by atoms with Crippen LogP contribution in [0.15, 0.2) is 12.2 Å². The lowest BCUT2D eigenvalue weighted by molar-refractivity contribution is -0.889. The van der Waals surface area contributed by atoms with Crippen LogP contribution in [0.2, 0.25) is 0 Å². The summed E-state index contributed by atoms with van der Waals surface area (Å²) in [7, 11) is 5.34. The van der Waals surface area contributed by atoms with Crippen LogP contribution in [0.4, 0.5) is 0 Å². The number of hydrogen-bond donors (Lipinski definition) is 0. The molecule has 240 valence electrons. The van der Waals surface area contributed by atoms with Crippen molar-refractivity contribution in [3.63, 3.8) is 0 Å². The van der Waals surface area contributed by atoms with Gasteiger partial charge in [-0.2, -0.15) is 0 Å². The summed E-state index contributed by atoms with van der Waals surface area (Å²) < 4.78 is 16.3. The van der Waals surface area contributed by atoms with Crippen LogP contribution in [0.1, 0.15) is 129 Å². The van der Waals surface area contributed by atoms with Crippen molar-refractivity contribution in [2.75, 3.05) is 41.0 Å². The third kappa shape index (κ3) is 25.5. The fraction of sp³-hybridized carbons (Fsp3) is 0.848. The lowest BCUT2D eigenvalue weighted by Gasteiger charge is -2.34. The van der Waals surface area contributed by atoms with E-state index in [0.717, 1.165) is 19.3 Å². The molecule has 0 saturated heterocycles. The van der Waals surface area contributed by atoms with Gasteiger partial charge < -0.3 is 28.6 Å². The summed E-state index contributed by atoms with van der Waals surface area (Å²) in [6.07, 6.45) is 24.2. The molecule has 0 saturated carbocycles. The van der Waals surface area contributed by atoms with Crippen LogP contribution >= 0.6 is 0 Å². The van der Waals surface area contributed by atoms with Crippen molar-refractivity contribution in [2.24, 2.45) is 0 Å². The lowest BCUT2D eigenvalue weighted by Crippen LogP contribution is -2.55. The number of carboxylic acid groups (broad SMARTS) is 1. The molecule has 0 heterocycles. The first-order chi connectivity index (χ1) is 19.6. The maximum Gasteiger partial charge on any atom is 0.306 e. The van der Waals surface area contributed by atoms with E-state index in [0.29, 0.717) is 6.42 Å². The van der Waals surface area contributed by atoms with E-state index in [1.807, 2.05) is 0 Å². The lowest BCUT2D eigenvalue weighted by atomic mass is 10.1. The molecule has 0 rings (SSSR count). The van der Waals surface area contributed by atoms with Crippen molar-refractivity contribution < 1.29 is 38.2 Å². The van der Waals surface area contributed by atoms with Gasteiger partial charge in [0.05, 0.1) is 40.3 Å². The summed E-state index contributed by atoms with van der Waals surface area (Å²) in [4.78, 5) is 34.9. The van der Waals surface area contributed by atoms with Crippen LogP contribution in [0.3, 0.4) is 0 Å². The van der Waals surface area contributed by atoms with E-state index in [4.69, 9.17) is 14.2 Å². The predicted molar refractivity (Wildman–Crippen MR) is 162 cm³/mol. The molecule has 8 heteroatoms. The van der Waals surface area contributed by atoms with E-state index < -0.39 is 24.1 Å². The minimum atomic E-state index is -1.13. The van der Waals surface area contributed by atoms with Crippen LogP contribution in [0.5, 0.6) is 0 Å². The zero-order valence-electron chi connectivity index (χ0n) is 27.0. The normalized spacial score (nSPS) is 13.3. The number of hydrogen-bond acceptors (Lipinski definition) is 7. The topological polar surface area (TPSA) is 102 Å². The number of rotatable bonds is 28. The average molecular weight is 584 g/mol. The van der Waals surface area contributed by atoms with Crippen LogP contribution in [0.25, 0.3) is 0 Å². The summed E-state index contributed by atoms with van der Waals surface area (Å²) in [5, 5.41) is 11.4. The zero-order chi connectivity index (χ0) is 30.8. The highest BCUT2D eigenvalue weighted by molar-refractivity contribution is 5.70. The Bertz CT molecular complexity index is 702. The van der Waals surface area contributed by atoms with E-state index >= 15 is 0 Å². The number of likely N-dealkylation sites (N-methyl/N-ethyl adjacent to an activating group) is 1. The van der Waals surface area contributed by atoms with E-state index in [2.05, 4.69) is 19.1 Å². The van der Waals surface area contributed by atoms with Crippen molar-refractivity contribution in [2.45, 2.75) is 142 Å². The number of carboxylic acids is 1. The van der Waals surface area contributed by atoms with Crippen LogP contribution in [-0.2, 0) is 28.6 Å². The highest BCUT2D eigenvalue weighted by Crippen LogP contribution is 2.13. The Balaban J connectivity index is 3.92. The number of aliphatic carboxylic acids is 1. The first-order valence-electron chi connectivity index (χ1n) is 16.2. The van der Waals surface area contributed by atoms with E-state index in [1.54, 1.807) is 21.1 Å². The third-order valence-corrected chi connectivity index (χ3v) is 7.21. The number of carbonyl (C=O) groups is 3. The monoisotopic (exact) mass is 583 g/mol. The van der Waals surface area contributed by atoms with Crippen LogP contribution in [0, 0.1) is 0 Å². The molecule has 0 N–H and O–H groups in total. The van der Waals surface area contributed by atoms with Gasteiger partial charge in [-0.05, 0) is 32.1 Å². The molecule has 0 aliphatic heterocycles. The van der Waals surface area contributed by atoms with E-state index in [-0.39, 0.29) is 36.7 Å². The summed E-state index contributed by atoms with van der Waals surface area (Å²) in [6.45, 7) is 3.66. The van der Waals surface area contributed by atoms with Crippen molar-refractivity contribution in [3.05, 3.63) is 12.2 Å². The molecule has 0 aromatic heterocycles. The molecule has 0 aromatic carbocycles.